The first-order valence-corrected chi connectivity index (χ1v) is 9.79. The summed E-state index contributed by atoms with van der Waals surface area (Å²) in [6.07, 6.45) is 10.5. The highest BCUT2D eigenvalue weighted by Gasteiger charge is 2.19. The van der Waals surface area contributed by atoms with Crippen LogP contribution >= 0.6 is 0 Å². The number of aromatic nitrogens is 3. The molecule has 1 aliphatic rings. The fourth-order valence-corrected chi connectivity index (χ4v) is 3.87. The minimum absolute atomic E-state index is 0.0624. The number of fused-ring (bicyclic) bond motifs is 1. The molecule has 0 radical (unpaired) electrons. The fraction of sp³-hybridized carbons (Fsp3) is 0.600. The van der Waals surface area contributed by atoms with E-state index in [4.69, 9.17) is 10.5 Å². The van der Waals surface area contributed by atoms with Gasteiger partial charge in [0.15, 0.2) is 11.3 Å². The van der Waals surface area contributed by atoms with Crippen molar-refractivity contribution >= 4 is 17.5 Å². The number of carbonyl (C=O) groups is 2. The van der Waals surface area contributed by atoms with Gasteiger partial charge in [-0.25, -0.2) is 9.97 Å². The van der Waals surface area contributed by atoms with Gasteiger partial charge in [-0.1, -0.05) is 19.3 Å². The van der Waals surface area contributed by atoms with Crippen molar-refractivity contribution in [2.24, 2.45) is 5.73 Å². The topological polar surface area (TPSA) is 99.6 Å². The Morgan fingerprint density at radius 2 is 1.85 bits per heavy atom. The van der Waals surface area contributed by atoms with E-state index in [9.17, 15) is 9.59 Å². The molecule has 0 bridgehead atoms. The van der Waals surface area contributed by atoms with Crippen LogP contribution < -0.4 is 5.73 Å². The van der Waals surface area contributed by atoms with Gasteiger partial charge in [-0.05, 0) is 51.5 Å². The zero-order valence-corrected chi connectivity index (χ0v) is 16.2. The molecule has 7 nitrogen and oxygen atoms in total. The zero-order chi connectivity index (χ0) is 19.4. The Labute approximate surface area is 159 Å². The predicted octanol–water partition coefficient (Wildman–Crippen LogP) is 3.03. The van der Waals surface area contributed by atoms with Crippen LogP contribution in [0.2, 0.25) is 0 Å². The number of rotatable bonds is 5. The van der Waals surface area contributed by atoms with Gasteiger partial charge in [-0.3, -0.25) is 14.0 Å². The van der Waals surface area contributed by atoms with Crippen LogP contribution in [0, 0.1) is 13.8 Å². The van der Waals surface area contributed by atoms with Crippen LogP contribution in [-0.4, -0.2) is 32.3 Å². The largest absolute Gasteiger partial charge is 0.462 e. The third-order valence-corrected chi connectivity index (χ3v) is 5.41. The number of hydrogen-bond donors (Lipinski definition) is 1. The van der Waals surface area contributed by atoms with Gasteiger partial charge in [0.25, 0.3) is 5.91 Å². The van der Waals surface area contributed by atoms with Crippen molar-refractivity contribution in [1.82, 2.24) is 14.4 Å². The van der Waals surface area contributed by atoms with Crippen LogP contribution in [0.5, 0.6) is 0 Å². The number of primary amides is 1. The van der Waals surface area contributed by atoms with E-state index in [1.165, 1.54) is 19.3 Å². The lowest BCUT2D eigenvalue weighted by Gasteiger charge is -2.20. The summed E-state index contributed by atoms with van der Waals surface area (Å²) in [4.78, 5) is 32.4. The fourth-order valence-electron chi connectivity index (χ4n) is 3.87. The summed E-state index contributed by atoms with van der Waals surface area (Å²) in [5.41, 5.74) is 8.64. The Morgan fingerprint density at radius 1 is 1.19 bits per heavy atom. The van der Waals surface area contributed by atoms with Gasteiger partial charge >= 0.3 is 5.97 Å². The molecule has 2 N–H and O–H groups in total. The number of esters is 1. The Hall–Kier alpha value is -2.44. The van der Waals surface area contributed by atoms with E-state index < -0.39 is 5.91 Å². The van der Waals surface area contributed by atoms with E-state index in [2.05, 4.69) is 9.97 Å². The first-order chi connectivity index (χ1) is 13.0. The third kappa shape index (κ3) is 4.46. The molecule has 0 spiro atoms. The molecular formula is C20H28N4O3. The van der Waals surface area contributed by atoms with Crippen molar-refractivity contribution in [3.05, 3.63) is 29.0 Å². The predicted molar refractivity (Wildman–Crippen MR) is 101 cm³/mol. The number of nitrogens with two attached hydrogens (primary N) is 1. The monoisotopic (exact) mass is 372 g/mol. The molecule has 0 saturated heterocycles. The molecule has 1 amide bonds. The standard InChI is InChI=1S/C20H28N4O3/c1-13-16(14(2)24-12-22-18(19(21)26)20(24)23-13)10-11-17(25)27-15-8-6-4-3-5-7-9-15/h12,15H,3-11H2,1-2H3,(H2,21,26). The van der Waals surface area contributed by atoms with Gasteiger partial charge in [0.1, 0.15) is 12.4 Å². The van der Waals surface area contributed by atoms with E-state index >= 15 is 0 Å². The Morgan fingerprint density at radius 3 is 2.52 bits per heavy atom. The molecule has 1 aliphatic carbocycles. The minimum Gasteiger partial charge on any atom is -0.462 e. The second kappa shape index (κ2) is 8.50. The van der Waals surface area contributed by atoms with Crippen LogP contribution in [0.1, 0.15) is 78.8 Å². The smallest absolute Gasteiger partial charge is 0.306 e. The van der Waals surface area contributed by atoms with E-state index in [-0.39, 0.29) is 17.8 Å². The number of nitrogens with zero attached hydrogens (tertiary/aromatic N) is 3. The van der Waals surface area contributed by atoms with Crippen molar-refractivity contribution in [2.75, 3.05) is 0 Å². The van der Waals surface area contributed by atoms with Crippen molar-refractivity contribution < 1.29 is 14.3 Å². The number of carbonyl (C=O) groups excluding carboxylic acids is 2. The van der Waals surface area contributed by atoms with E-state index in [1.54, 1.807) is 10.7 Å². The average Bonchev–Trinajstić information content (AvgIpc) is 3.01. The number of aryl methyl sites for hydroxylation is 2. The normalized spacial score (nSPS) is 16.1. The third-order valence-electron chi connectivity index (χ3n) is 5.41. The second-order valence-corrected chi connectivity index (χ2v) is 7.37. The average molecular weight is 372 g/mol. The Balaban J connectivity index is 1.67. The van der Waals surface area contributed by atoms with Gasteiger partial charge in [-0.15, -0.1) is 0 Å². The van der Waals surface area contributed by atoms with Crippen LogP contribution in [0.15, 0.2) is 6.33 Å². The lowest BCUT2D eigenvalue weighted by Crippen LogP contribution is -2.20. The molecule has 2 aromatic heterocycles. The molecule has 1 fully saturated rings. The van der Waals surface area contributed by atoms with Crippen molar-refractivity contribution in [3.8, 4) is 0 Å². The quantitative estimate of drug-likeness (QED) is 0.813. The summed E-state index contributed by atoms with van der Waals surface area (Å²) in [5.74, 6) is -0.748. The molecule has 3 rings (SSSR count). The zero-order valence-electron chi connectivity index (χ0n) is 16.2. The molecule has 7 heteroatoms. The van der Waals surface area contributed by atoms with E-state index in [0.29, 0.717) is 18.5 Å². The minimum atomic E-state index is -0.598. The molecule has 1 saturated carbocycles. The molecule has 0 aromatic carbocycles. The lowest BCUT2D eigenvalue weighted by atomic mass is 9.98. The molecular weight excluding hydrogens is 344 g/mol. The van der Waals surface area contributed by atoms with E-state index in [1.807, 2.05) is 13.8 Å². The van der Waals surface area contributed by atoms with Gasteiger partial charge < -0.3 is 10.5 Å². The number of amides is 1. The van der Waals surface area contributed by atoms with Gasteiger partial charge in [0.2, 0.25) is 0 Å². The van der Waals surface area contributed by atoms with Crippen LogP contribution in [0.3, 0.4) is 0 Å². The van der Waals surface area contributed by atoms with Crippen LogP contribution in [0.4, 0.5) is 0 Å². The molecule has 2 heterocycles. The summed E-state index contributed by atoms with van der Waals surface area (Å²) < 4.78 is 7.46. The Bertz CT molecular complexity index is 835. The van der Waals surface area contributed by atoms with Crippen molar-refractivity contribution in [2.45, 2.75) is 77.7 Å². The van der Waals surface area contributed by atoms with Crippen molar-refractivity contribution in [1.29, 1.82) is 0 Å². The van der Waals surface area contributed by atoms with Gasteiger partial charge in [0.05, 0.1) is 0 Å². The summed E-state index contributed by atoms with van der Waals surface area (Å²) in [6.45, 7) is 3.81. The summed E-state index contributed by atoms with van der Waals surface area (Å²) in [5, 5.41) is 0. The maximum absolute atomic E-state index is 12.3. The maximum atomic E-state index is 12.3. The first-order valence-electron chi connectivity index (χ1n) is 9.79. The summed E-state index contributed by atoms with van der Waals surface area (Å²) in [7, 11) is 0. The Kier molecular flexibility index (Phi) is 6.08. The number of imidazole rings is 1. The summed E-state index contributed by atoms with van der Waals surface area (Å²) >= 11 is 0. The lowest BCUT2D eigenvalue weighted by molar-refractivity contribution is -0.150. The SMILES string of the molecule is Cc1nc2c(C(N)=O)ncn2c(C)c1CCC(=O)OC1CCCCCCC1. The van der Waals surface area contributed by atoms with Crippen LogP contribution in [0.25, 0.3) is 5.65 Å². The number of hydrogen-bond acceptors (Lipinski definition) is 5. The highest BCUT2D eigenvalue weighted by Crippen LogP contribution is 2.21. The molecule has 0 aliphatic heterocycles. The number of ether oxygens (including phenoxy) is 1. The van der Waals surface area contributed by atoms with Crippen molar-refractivity contribution in [3.63, 3.8) is 0 Å². The molecule has 146 valence electrons. The molecule has 27 heavy (non-hydrogen) atoms. The highest BCUT2D eigenvalue weighted by molar-refractivity contribution is 5.96. The van der Waals surface area contributed by atoms with Crippen LogP contribution in [-0.2, 0) is 16.0 Å². The van der Waals surface area contributed by atoms with Gasteiger partial charge in [-0.2, -0.15) is 0 Å². The second-order valence-electron chi connectivity index (χ2n) is 7.37. The molecule has 2 aromatic rings. The molecule has 0 atom stereocenters. The van der Waals surface area contributed by atoms with Gasteiger partial charge in [0, 0.05) is 17.8 Å². The summed E-state index contributed by atoms with van der Waals surface area (Å²) in [6, 6.07) is 0. The molecule has 0 unspecified atom stereocenters. The van der Waals surface area contributed by atoms with E-state index in [0.717, 1.165) is 42.6 Å². The highest BCUT2D eigenvalue weighted by atomic mass is 16.5. The first kappa shape index (κ1) is 19.3. The maximum Gasteiger partial charge on any atom is 0.306 e.